The van der Waals surface area contributed by atoms with Crippen LogP contribution in [0.2, 0.25) is 0 Å². The molecule has 1 aromatic carbocycles. The summed E-state index contributed by atoms with van der Waals surface area (Å²) in [6.45, 7) is 5.64. The summed E-state index contributed by atoms with van der Waals surface area (Å²) in [4.78, 5) is 2.84. The second-order valence-electron chi connectivity index (χ2n) is 4.90. The van der Waals surface area contributed by atoms with Gasteiger partial charge in [0.05, 0.1) is 13.2 Å². The molecule has 0 atom stereocenters. The van der Waals surface area contributed by atoms with Crippen LogP contribution in [0, 0.1) is 0 Å². The van der Waals surface area contributed by atoms with Crippen LogP contribution >= 0.6 is 12.2 Å². The number of benzene rings is 1. The minimum absolute atomic E-state index is 0.403. The summed E-state index contributed by atoms with van der Waals surface area (Å²) in [5, 5.41) is 0. The lowest BCUT2D eigenvalue weighted by Crippen LogP contribution is -2.28. The highest BCUT2D eigenvalue weighted by Gasteiger charge is 2.08. The summed E-state index contributed by atoms with van der Waals surface area (Å²) in [5.74, 6) is 0.828. The Labute approximate surface area is 125 Å². The molecule has 0 aromatic heterocycles. The highest BCUT2D eigenvalue weighted by Crippen LogP contribution is 2.13. The zero-order valence-corrected chi connectivity index (χ0v) is 12.5. The monoisotopic (exact) mass is 294 g/mol. The predicted molar refractivity (Wildman–Crippen MR) is 84.3 cm³/mol. The fourth-order valence-electron chi connectivity index (χ4n) is 2.24. The molecule has 0 amide bonds. The zero-order chi connectivity index (χ0) is 14.2. The maximum Gasteiger partial charge on any atom is 0.119 e. The third-order valence-electron chi connectivity index (χ3n) is 3.32. The lowest BCUT2D eigenvalue weighted by molar-refractivity contribution is 0.140. The Morgan fingerprint density at radius 1 is 1.35 bits per heavy atom. The summed E-state index contributed by atoms with van der Waals surface area (Å²) in [5.41, 5.74) is 6.46. The van der Waals surface area contributed by atoms with Gasteiger partial charge in [-0.05, 0) is 25.0 Å². The van der Waals surface area contributed by atoms with Crippen molar-refractivity contribution in [2.24, 2.45) is 5.73 Å². The minimum Gasteiger partial charge on any atom is -0.494 e. The molecule has 20 heavy (non-hydrogen) atoms. The maximum atomic E-state index is 5.75. The van der Waals surface area contributed by atoms with E-state index in [4.69, 9.17) is 27.4 Å². The average molecular weight is 294 g/mol. The van der Waals surface area contributed by atoms with Gasteiger partial charge >= 0.3 is 0 Å². The molecule has 4 nitrogen and oxygen atoms in total. The molecule has 0 saturated carbocycles. The number of hydrogen-bond acceptors (Lipinski definition) is 4. The van der Waals surface area contributed by atoms with Gasteiger partial charge in [-0.25, -0.2) is 0 Å². The van der Waals surface area contributed by atoms with Gasteiger partial charge in [0.1, 0.15) is 10.7 Å². The van der Waals surface area contributed by atoms with E-state index in [1.165, 1.54) is 0 Å². The Bertz CT molecular complexity index is 432. The van der Waals surface area contributed by atoms with E-state index in [-0.39, 0.29) is 0 Å². The fourth-order valence-corrected chi connectivity index (χ4v) is 2.37. The maximum absolute atomic E-state index is 5.75. The van der Waals surface area contributed by atoms with Gasteiger partial charge in [-0.1, -0.05) is 24.4 Å². The Morgan fingerprint density at radius 3 is 3.10 bits per heavy atom. The molecule has 0 radical (unpaired) electrons. The van der Waals surface area contributed by atoms with Crippen molar-refractivity contribution in [2.75, 3.05) is 39.5 Å². The summed E-state index contributed by atoms with van der Waals surface area (Å²) >= 11 is 4.96. The Balaban J connectivity index is 1.70. The van der Waals surface area contributed by atoms with Crippen LogP contribution in [0.5, 0.6) is 5.75 Å². The van der Waals surface area contributed by atoms with Crippen LogP contribution in [0.15, 0.2) is 24.3 Å². The molecule has 1 aliphatic heterocycles. The van der Waals surface area contributed by atoms with E-state index in [0.717, 1.165) is 57.0 Å². The van der Waals surface area contributed by atoms with Crippen molar-refractivity contribution >= 4 is 17.2 Å². The third kappa shape index (κ3) is 5.07. The van der Waals surface area contributed by atoms with E-state index in [1.807, 2.05) is 24.3 Å². The van der Waals surface area contributed by atoms with Crippen LogP contribution in [0.1, 0.15) is 18.4 Å². The topological polar surface area (TPSA) is 47.7 Å². The van der Waals surface area contributed by atoms with Crippen LogP contribution in [-0.2, 0) is 4.74 Å². The van der Waals surface area contributed by atoms with Gasteiger partial charge in [0.25, 0.3) is 0 Å². The van der Waals surface area contributed by atoms with E-state index < -0.39 is 0 Å². The number of hydrogen-bond donors (Lipinski definition) is 1. The minimum atomic E-state index is 0.403. The van der Waals surface area contributed by atoms with Gasteiger partial charge in [0, 0.05) is 31.8 Å². The molecular weight excluding hydrogens is 272 g/mol. The van der Waals surface area contributed by atoms with E-state index in [0.29, 0.717) is 11.6 Å². The molecule has 2 N–H and O–H groups in total. The van der Waals surface area contributed by atoms with Gasteiger partial charge in [-0.2, -0.15) is 0 Å². The molecule has 2 rings (SSSR count). The molecule has 110 valence electrons. The number of ether oxygens (including phenoxy) is 2. The lowest BCUT2D eigenvalue weighted by atomic mass is 10.2. The smallest absolute Gasteiger partial charge is 0.119 e. The molecular formula is C15H22N2O2S. The number of nitrogens with zero attached hydrogens (tertiary/aromatic N) is 1. The van der Waals surface area contributed by atoms with Gasteiger partial charge < -0.3 is 20.1 Å². The summed E-state index contributed by atoms with van der Waals surface area (Å²) in [6, 6.07) is 7.63. The molecule has 1 saturated heterocycles. The summed E-state index contributed by atoms with van der Waals surface area (Å²) in [6.07, 6.45) is 2.13. The van der Waals surface area contributed by atoms with E-state index >= 15 is 0 Å². The average Bonchev–Trinajstić information content (AvgIpc) is 2.72. The number of thiocarbonyl (C=S) groups is 1. The molecule has 1 fully saturated rings. The van der Waals surface area contributed by atoms with Gasteiger partial charge in [0.15, 0.2) is 0 Å². The van der Waals surface area contributed by atoms with E-state index in [9.17, 15) is 0 Å². The second-order valence-corrected chi connectivity index (χ2v) is 5.34. The molecule has 0 aliphatic carbocycles. The standard InChI is InChI=1S/C15H22N2O2S/c16-15(20)13-4-1-5-14(12-13)19-10-3-7-17-6-2-9-18-11-8-17/h1,4-5,12H,2-3,6-11H2,(H2,16,20). The van der Waals surface area contributed by atoms with Crippen molar-refractivity contribution in [2.45, 2.75) is 12.8 Å². The molecule has 0 unspecified atom stereocenters. The fraction of sp³-hybridized carbons (Fsp3) is 0.533. The van der Waals surface area contributed by atoms with Crippen LogP contribution in [-0.4, -0.2) is 49.3 Å². The Morgan fingerprint density at radius 2 is 2.25 bits per heavy atom. The van der Waals surface area contributed by atoms with Crippen molar-refractivity contribution in [1.29, 1.82) is 0 Å². The molecule has 1 aliphatic rings. The third-order valence-corrected chi connectivity index (χ3v) is 3.56. The molecule has 5 heteroatoms. The quantitative estimate of drug-likeness (QED) is 0.640. The number of rotatable bonds is 6. The van der Waals surface area contributed by atoms with Crippen LogP contribution < -0.4 is 10.5 Å². The van der Waals surface area contributed by atoms with Crippen molar-refractivity contribution < 1.29 is 9.47 Å². The van der Waals surface area contributed by atoms with E-state index in [2.05, 4.69) is 4.90 Å². The van der Waals surface area contributed by atoms with Gasteiger partial charge in [-0.15, -0.1) is 0 Å². The van der Waals surface area contributed by atoms with Crippen LogP contribution in [0.4, 0.5) is 0 Å². The molecule has 0 spiro atoms. The normalized spacial score (nSPS) is 16.6. The number of nitrogens with two attached hydrogens (primary N) is 1. The second kappa shape index (κ2) is 8.19. The van der Waals surface area contributed by atoms with Crippen molar-refractivity contribution in [3.63, 3.8) is 0 Å². The van der Waals surface area contributed by atoms with Crippen LogP contribution in [0.3, 0.4) is 0 Å². The van der Waals surface area contributed by atoms with Crippen LogP contribution in [0.25, 0.3) is 0 Å². The van der Waals surface area contributed by atoms with E-state index in [1.54, 1.807) is 0 Å². The first-order valence-corrected chi connectivity index (χ1v) is 7.49. The first-order valence-electron chi connectivity index (χ1n) is 7.08. The highest BCUT2D eigenvalue weighted by atomic mass is 32.1. The SMILES string of the molecule is NC(=S)c1cccc(OCCCN2CCCOCC2)c1. The summed E-state index contributed by atoms with van der Waals surface area (Å²) < 4.78 is 11.2. The van der Waals surface area contributed by atoms with Gasteiger partial charge in [-0.3, -0.25) is 0 Å². The zero-order valence-electron chi connectivity index (χ0n) is 11.7. The first kappa shape index (κ1) is 15.2. The molecule has 0 bridgehead atoms. The largest absolute Gasteiger partial charge is 0.494 e. The molecule has 1 aromatic rings. The summed E-state index contributed by atoms with van der Waals surface area (Å²) in [7, 11) is 0. The molecule has 1 heterocycles. The van der Waals surface area contributed by atoms with Crippen molar-refractivity contribution in [1.82, 2.24) is 4.90 Å². The Hall–Kier alpha value is -1.17. The highest BCUT2D eigenvalue weighted by molar-refractivity contribution is 7.80. The van der Waals surface area contributed by atoms with Gasteiger partial charge in [0.2, 0.25) is 0 Å². The Kier molecular flexibility index (Phi) is 6.24. The predicted octanol–water partition coefficient (Wildman–Crippen LogP) is 1.81. The van der Waals surface area contributed by atoms with Crippen molar-refractivity contribution in [3.8, 4) is 5.75 Å². The van der Waals surface area contributed by atoms with Crippen molar-refractivity contribution in [3.05, 3.63) is 29.8 Å². The first-order chi connectivity index (χ1) is 9.75. The lowest BCUT2D eigenvalue weighted by Gasteiger charge is -2.18.